The van der Waals surface area contributed by atoms with E-state index in [0.29, 0.717) is 18.2 Å². The van der Waals surface area contributed by atoms with E-state index in [1.54, 1.807) is 6.07 Å². The number of aromatic nitrogens is 2. The Morgan fingerprint density at radius 2 is 1.85 bits per heavy atom. The van der Waals surface area contributed by atoms with E-state index >= 15 is 0 Å². The van der Waals surface area contributed by atoms with Crippen LogP contribution in [0.4, 0.5) is 11.6 Å². The SMILES string of the molecule is CCCCCNC(=O)c1cc(C)nc(Nc2ccccc2C(C)(C)C)n1. The van der Waals surface area contributed by atoms with Gasteiger partial charge in [0.15, 0.2) is 0 Å². The summed E-state index contributed by atoms with van der Waals surface area (Å²) in [6.45, 7) is 11.2. The lowest BCUT2D eigenvalue weighted by molar-refractivity contribution is 0.0948. The number of anilines is 2. The number of unbranched alkanes of at least 4 members (excludes halogenated alkanes) is 2. The molecular formula is C21H30N4O. The summed E-state index contributed by atoms with van der Waals surface area (Å²) < 4.78 is 0. The molecule has 0 spiro atoms. The average Bonchev–Trinajstić information content (AvgIpc) is 2.57. The first-order chi connectivity index (χ1) is 12.3. The Kier molecular flexibility index (Phi) is 6.72. The summed E-state index contributed by atoms with van der Waals surface area (Å²) in [5.41, 5.74) is 3.28. The fourth-order valence-electron chi connectivity index (χ4n) is 2.77. The second kappa shape index (κ2) is 8.79. The van der Waals surface area contributed by atoms with E-state index in [1.807, 2.05) is 25.1 Å². The number of rotatable bonds is 7. The van der Waals surface area contributed by atoms with Crippen molar-refractivity contribution in [1.82, 2.24) is 15.3 Å². The molecule has 0 aliphatic heterocycles. The Bertz CT molecular complexity index is 750. The fourth-order valence-corrected chi connectivity index (χ4v) is 2.77. The molecule has 0 atom stereocenters. The topological polar surface area (TPSA) is 66.9 Å². The van der Waals surface area contributed by atoms with Crippen molar-refractivity contribution in [3.05, 3.63) is 47.3 Å². The average molecular weight is 354 g/mol. The lowest BCUT2D eigenvalue weighted by atomic mass is 9.86. The van der Waals surface area contributed by atoms with Crippen molar-refractivity contribution in [3.63, 3.8) is 0 Å². The zero-order chi connectivity index (χ0) is 19.2. The maximum absolute atomic E-state index is 12.4. The number of para-hydroxylation sites is 1. The molecule has 0 saturated heterocycles. The first kappa shape index (κ1) is 19.9. The van der Waals surface area contributed by atoms with Crippen LogP contribution >= 0.6 is 0 Å². The van der Waals surface area contributed by atoms with Crippen LogP contribution in [0.15, 0.2) is 30.3 Å². The van der Waals surface area contributed by atoms with E-state index in [2.05, 4.69) is 54.4 Å². The molecule has 5 heteroatoms. The minimum Gasteiger partial charge on any atom is -0.351 e. The van der Waals surface area contributed by atoms with Crippen molar-refractivity contribution in [1.29, 1.82) is 0 Å². The van der Waals surface area contributed by atoms with Gasteiger partial charge in [0.1, 0.15) is 5.69 Å². The molecule has 0 aliphatic rings. The zero-order valence-electron chi connectivity index (χ0n) is 16.5. The highest BCUT2D eigenvalue weighted by Crippen LogP contribution is 2.30. The van der Waals surface area contributed by atoms with Crippen molar-refractivity contribution >= 4 is 17.5 Å². The normalized spacial score (nSPS) is 11.3. The molecule has 2 rings (SSSR count). The van der Waals surface area contributed by atoms with E-state index in [0.717, 1.165) is 30.6 Å². The van der Waals surface area contributed by atoms with Gasteiger partial charge in [-0.15, -0.1) is 0 Å². The monoisotopic (exact) mass is 354 g/mol. The number of carbonyl (C=O) groups is 1. The first-order valence-corrected chi connectivity index (χ1v) is 9.31. The Morgan fingerprint density at radius 3 is 2.54 bits per heavy atom. The largest absolute Gasteiger partial charge is 0.351 e. The van der Waals surface area contributed by atoms with E-state index in [4.69, 9.17) is 0 Å². The van der Waals surface area contributed by atoms with Crippen molar-refractivity contribution in [2.75, 3.05) is 11.9 Å². The highest BCUT2D eigenvalue weighted by Gasteiger charge is 2.18. The molecular weight excluding hydrogens is 324 g/mol. The van der Waals surface area contributed by atoms with E-state index in [-0.39, 0.29) is 11.3 Å². The van der Waals surface area contributed by atoms with Crippen molar-refractivity contribution < 1.29 is 4.79 Å². The summed E-state index contributed by atoms with van der Waals surface area (Å²) in [6, 6.07) is 9.83. The molecule has 0 unspecified atom stereocenters. The Morgan fingerprint density at radius 1 is 1.12 bits per heavy atom. The van der Waals surface area contributed by atoms with Crippen LogP contribution in [0.2, 0.25) is 0 Å². The van der Waals surface area contributed by atoms with Gasteiger partial charge in [-0.25, -0.2) is 9.97 Å². The van der Waals surface area contributed by atoms with E-state index < -0.39 is 0 Å². The van der Waals surface area contributed by atoms with Gasteiger partial charge in [-0.2, -0.15) is 0 Å². The molecule has 1 heterocycles. The summed E-state index contributed by atoms with van der Waals surface area (Å²) in [4.78, 5) is 21.2. The summed E-state index contributed by atoms with van der Waals surface area (Å²) in [5.74, 6) is 0.291. The zero-order valence-corrected chi connectivity index (χ0v) is 16.5. The van der Waals surface area contributed by atoms with Crippen LogP contribution in [0.3, 0.4) is 0 Å². The molecule has 0 bridgehead atoms. The first-order valence-electron chi connectivity index (χ1n) is 9.31. The maximum Gasteiger partial charge on any atom is 0.270 e. The van der Waals surface area contributed by atoms with Crippen LogP contribution < -0.4 is 10.6 Å². The quantitative estimate of drug-likeness (QED) is 0.704. The molecule has 1 aromatic heterocycles. The number of carbonyl (C=O) groups excluding carboxylic acids is 1. The van der Waals surface area contributed by atoms with Crippen molar-refractivity contribution in [3.8, 4) is 0 Å². The second-order valence-corrected chi connectivity index (χ2v) is 7.60. The van der Waals surface area contributed by atoms with Crippen LogP contribution in [-0.2, 0) is 5.41 Å². The smallest absolute Gasteiger partial charge is 0.270 e. The molecule has 5 nitrogen and oxygen atoms in total. The molecule has 26 heavy (non-hydrogen) atoms. The number of benzene rings is 1. The number of aryl methyl sites for hydroxylation is 1. The minimum absolute atomic E-state index is 0.00704. The molecule has 140 valence electrons. The third-order valence-electron chi connectivity index (χ3n) is 4.13. The van der Waals surface area contributed by atoms with E-state index in [1.165, 1.54) is 5.56 Å². The maximum atomic E-state index is 12.4. The van der Waals surface area contributed by atoms with Crippen LogP contribution in [0.25, 0.3) is 0 Å². The fraction of sp³-hybridized carbons (Fsp3) is 0.476. The highest BCUT2D eigenvalue weighted by molar-refractivity contribution is 5.92. The van der Waals surface area contributed by atoms with Gasteiger partial charge in [0.25, 0.3) is 5.91 Å². The molecule has 2 N–H and O–H groups in total. The number of hydrogen-bond acceptors (Lipinski definition) is 4. The molecule has 1 amide bonds. The molecule has 1 aromatic carbocycles. The molecule has 2 aromatic rings. The van der Waals surface area contributed by atoms with Crippen LogP contribution in [0.5, 0.6) is 0 Å². The lowest BCUT2D eigenvalue weighted by Crippen LogP contribution is -2.26. The Hall–Kier alpha value is -2.43. The Labute approximate surface area is 156 Å². The summed E-state index contributed by atoms with van der Waals surface area (Å²) in [5, 5.41) is 6.22. The van der Waals surface area contributed by atoms with Crippen molar-refractivity contribution in [2.45, 2.75) is 59.3 Å². The number of nitrogens with zero attached hydrogens (tertiary/aromatic N) is 2. The molecule has 0 aliphatic carbocycles. The number of hydrogen-bond donors (Lipinski definition) is 2. The third kappa shape index (κ3) is 5.55. The predicted molar refractivity (Wildman–Crippen MR) is 107 cm³/mol. The van der Waals surface area contributed by atoms with Gasteiger partial charge in [-0.05, 0) is 36.5 Å². The van der Waals surface area contributed by atoms with Gasteiger partial charge in [0.2, 0.25) is 5.95 Å². The van der Waals surface area contributed by atoms with Gasteiger partial charge in [0, 0.05) is 17.9 Å². The lowest BCUT2D eigenvalue weighted by Gasteiger charge is -2.23. The number of nitrogens with one attached hydrogen (secondary N) is 2. The molecule has 0 saturated carbocycles. The van der Waals surface area contributed by atoms with Crippen molar-refractivity contribution in [2.24, 2.45) is 0 Å². The van der Waals surface area contributed by atoms with Crippen LogP contribution in [0.1, 0.15) is 68.7 Å². The van der Waals surface area contributed by atoms with Gasteiger partial charge in [-0.3, -0.25) is 4.79 Å². The summed E-state index contributed by atoms with van der Waals surface area (Å²) in [6.07, 6.45) is 3.22. The van der Waals surface area contributed by atoms with Gasteiger partial charge in [0.05, 0.1) is 0 Å². The predicted octanol–water partition coefficient (Wildman–Crippen LogP) is 4.75. The van der Waals surface area contributed by atoms with Gasteiger partial charge < -0.3 is 10.6 Å². The third-order valence-corrected chi connectivity index (χ3v) is 4.13. The van der Waals surface area contributed by atoms with E-state index in [9.17, 15) is 4.79 Å². The van der Waals surface area contributed by atoms with Crippen LogP contribution in [-0.4, -0.2) is 22.4 Å². The standard InChI is InChI=1S/C21H30N4O/c1-6-7-10-13-22-19(26)18-14-15(2)23-20(25-18)24-17-12-9-8-11-16(17)21(3,4)5/h8-9,11-12,14H,6-7,10,13H2,1-5H3,(H,22,26)(H,23,24,25). The van der Waals surface area contributed by atoms with Gasteiger partial charge >= 0.3 is 0 Å². The number of amides is 1. The minimum atomic E-state index is -0.154. The highest BCUT2D eigenvalue weighted by atomic mass is 16.1. The molecule has 0 radical (unpaired) electrons. The van der Waals surface area contributed by atoms with Gasteiger partial charge in [-0.1, -0.05) is 58.7 Å². The molecule has 0 fully saturated rings. The van der Waals surface area contributed by atoms with Crippen LogP contribution in [0, 0.1) is 6.92 Å². The summed E-state index contributed by atoms with van der Waals surface area (Å²) >= 11 is 0. The summed E-state index contributed by atoms with van der Waals surface area (Å²) in [7, 11) is 0. The Balaban J connectivity index is 2.19. The second-order valence-electron chi connectivity index (χ2n) is 7.60.